The number of hydrogen-bond acceptors (Lipinski definition) is 3. The molecular formula is C14H21NO2. The summed E-state index contributed by atoms with van der Waals surface area (Å²) >= 11 is 0. The minimum atomic E-state index is -0.225. The molecule has 2 unspecified atom stereocenters. The van der Waals surface area contributed by atoms with Crippen molar-refractivity contribution in [1.29, 1.82) is 0 Å². The Morgan fingerprint density at radius 3 is 2.76 bits per heavy atom. The summed E-state index contributed by atoms with van der Waals surface area (Å²) in [5.41, 5.74) is 3.38. The maximum absolute atomic E-state index is 9.61. The number of hydrogen-bond donors (Lipinski definition) is 2. The van der Waals surface area contributed by atoms with E-state index in [0.717, 1.165) is 25.1 Å². The Balaban J connectivity index is 2.13. The molecule has 2 N–H and O–H groups in total. The van der Waals surface area contributed by atoms with E-state index in [0.29, 0.717) is 5.92 Å². The minimum absolute atomic E-state index is 0.0947. The molecule has 0 bridgehead atoms. The van der Waals surface area contributed by atoms with Crippen LogP contribution in [-0.2, 0) is 6.61 Å². The predicted molar refractivity (Wildman–Crippen MR) is 69.1 cm³/mol. The van der Waals surface area contributed by atoms with Crippen molar-refractivity contribution in [1.82, 2.24) is 0 Å². The first-order chi connectivity index (χ1) is 8.11. The molecule has 0 spiro atoms. The zero-order valence-electron chi connectivity index (χ0n) is 10.6. The Labute approximate surface area is 103 Å². The molecule has 1 saturated heterocycles. The molecule has 1 heterocycles. The van der Waals surface area contributed by atoms with Crippen molar-refractivity contribution in [2.24, 2.45) is 5.92 Å². The zero-order chi connectivity index (χ0) is 12.4. The van der Waals surface area contributed by atoms with Crippen LogP contribution in [0.15, 0.2) is 18.2 Å². The fraction of sp³-hybridized carbons (Fsp3) is 0.571. The van der Waals surface area contributed by atoms with Crippen LogP contribution in [0, 0.1) is 12.8 Å². The Kier molecular flexibility index (Phi) is 3.69. The lowest BCUT2D eigenvalue weighted by molar-refractivity contribution is 0.136. The lowest BCUT2D eigenvalue weighted by atomic mass is 10.0. The van der Waals surface area contributed by atoms with E-state index in [2.05, 4.69) is 17.9 Å². The van der Waals surface area contributed by atoms with Gasteiger partial charge in [0.1, 0.15) is 0 Å². The fourth-order valence-electron chi connectivity index (χ4n) is 2.57. The van der Waals surface area contributed by atoms with Gasteiger partial charge in [-0.25, -0.2) is 0 Å². The van der Waals surface area contributed by atoms with E-state index < -0.39 is 0 Å². The van der Waals surface area contributed by atoms with E-state index in [4.69, 9.17) is 5.11 Å². The molecule has 1 aromatic carbocycles. The summed E-state index contributed by atoms with van der Waals surface area (Å²) in [4.78, 5) is 2.33. The second-order valence-corrected chi connectivity index (χ2v) is 5.01. The minimum Gasteiger partial charge on any atom is -0.393 e. The Hall–Kier alpha value is -1.06. The highest BCUT2D eigenvalue weighted by atomic mass is 16.3. The molecule has 0 saturated carbocycles. The van der Waals surface area contributed by atoms with Crippen LogP contribution in [0.3, 0.4) is 0 Å². The number of anilines is 1. The van der Waals surface area contributed by atoms with E-state index in [-0.39, 0.29) is 12.7 Å². The van der Waals surface area contributed by atoms with Gasteiger partial charge in [0.15, 0.2) is 0 Å². The Morgan fingerprint density at radius 1 is 1.47 bits per heavy atom. The molecule has 0 aliphatic carbocycles. The summed E-state index contributed by atoms with van der Waals surface area (Å²) in [5, 5.41) is 18.7. The second kappa shape index (κ2) is 5.07. The van der Waals surface area contributed by atoms with Crippen molar-refractivity contribution in [3.05, 3.63) is 29.3 Å². The van der Waals surface area contributed by atoms with Crippen LogP contribution in [0.1, 0.15) is 24.5 Å². The Bertz CT molecular complexity index is 390. The fourth-order valence-corrected chi connectivity index (χ4v) is 2.57. The largest absolute Gasteiger partial charge is 0.393 e. The third-order valence-electron chi connectivity index (χ3n) is 3.69. The standard InChI is InChI=1S/C14H21NO2/c1-10-7-12(9-16)3-4-14(10)15-6-5-13(8-15)11(2)17/h3-4,7,11,13,16-17H,5-6,8-9H2,1-2H3. The predicted octanol–water partition coefficient (Wildman–Crippen LogP) is 1.69. The van der Waals surface area contributed by atoms with Gasteiger partial charge in [0.25, 0.3) is 0 Å². The average Bonchev–Trinajstić information content (AvgIpc) is 2.78. The third kappa shape index (κ3) is 2.61. The molecule has 2 atom stereocenters. The van der Waals surface area contributed by atoms with Crippen molar-refractivity contribution in [2.45, 2.75) is 33.0 Å². The van der Waals surface area contributed by atoms with E-state index in [9.17, 15) is 5.11 Å². The molecule has 3 heteroatoms. The van der Waals surface area contributed by atoms with Gasteiger partial charge in [0.05, 0.1) is 12.7 Å². The van der Waals surface area contributed by atoms with Crippen LogP contribution in [0.2, 0.25) is 0 Å². The summed E-state index contributed by atoms with van der Waals surface area (Å²) in [5.74, 6) is 0.381. The average molecular weight is 235 g/mol. The number of nitrogens with zero attached hydrogens (tertiary/aromatic N) is 1. The number of aryl methyl sites for hydroxylation is 1. The topological polar surface area (TPSA) is 43.7 Å². The van der Waals surface area contributed by atoms with Gasteiger partial charge in [-0.15, -0.1) is 0 Å². The summed E-state index contributed by atoms with van der Waals surface area (Å²) in [6.07, 6.45) is 0.829. The summed E-state index contributed by atoms with van der Waals surface area (Å²) < 4.78 is 0. The molecule has 0 aromatic heterocycles. The molecule has 17 heavy (non-hydrogen) atoms. The third-order valence-corrected chi connectivity index (χ3v) is 3.69. The number of aliphatic hydroxyl groups excluding tert-OH is 2. The number of rotatable bonds is 3. The highest BCUT2D eigenvalue weighted by Gasteiger charge is 2.26. The van der Waals surface area contributed by atoms with Gasteiger partial charge >= 0.3 is 0 Å². The van der Waals surface area contributed by atoms with Crippen molar-refractivity contribution in [3.63, 3.8) is 0 Å². The van der Waals surface area contributed by atoms with Crippen LogP contribution in [0.4, 0.5) is 5.69 Å². The quantitative estimate of drug-likeness (QED) is 0.838. The van der Waals surface area contributed by atoms with Gasteiger partial charge in [0.2, 0.25) is 0 Å². The monoisotopic (exact) mass is 235 g/mol. The van der Waals surface area contributed by atoms with Crippen LogP contribution in [0.25, 0.3) is 0 Å². The van der Waals surface area contributed by atoms with Gasteiger partial charge in [-0.2, -0.15) is 0 Å². The molecule has 1 fully saturated rings. The van der Waals surface area contributed by atoms with Crippen molar-refractivity contribution >= 4 is 5.69 Å². The van der Waals surface area contributed by atoms with Gasteiger partial charge in [0, 0.05) is 24.7 Å². The highest BCUT2D eigenvalue weighted by molar-refractivity contribution is 5.55. The van der Waals surface area contributed by atoms with Crippen molar-refractivity contribution < 1.29 is 10.2 Å². The molecule has 1 aromatic rings. The second-order valence-electron chi connectivity index (χ2n) is 5.01. The lowest BCUT2D eigenvalue weighted by Gasteiger charge is -2.22. The summed E-state index contributed by atoms with van der Waals surface area (Å²) in [6, 6.07) is 6.08. The van der Waals surface area contributed by atoms with Gasteiger partial charge < -0.3 is 15.1 Å². The molecular weight excluding hydrogens is 214 g/mol. The molecule has 3 nitrogen and oxygen atoms in total. The maximum atomic E-state index is 9.61. The SMILES string of the molecule is Cc1cc(CO)ccc1N1CCC(C(C)O)C1. The van der Waals surface area contributed by atoms with Gasteiger partial charge in [-0.05, 0) is 37.5 Å². The molecule has 1 aliphatic rings. The summed E-state index contributed by atoms with van der Waals surface area (Å²) in [7, 11) is 0. The van der Waals surface area contributed by atoms with E-state index in [1.54, 1.807) is 0 Å². The summed E-state index contributed by atoms with van der Waals surface area (Å²) in [6.45, 7) is 5.98. The molecule has 0 radical (unpaired) electrons. The van der Waals surface area contributed by atoms with Crippen LogP contribution < -0.4 is 4.90 Å². The zero-order valence-corrected chi connectivity index (χ0v) is 10.6. The first-order valence-corrected chi connectivity index (χ1v) is 6.25. The van der Waals surface area contributed by atoms with Crippen LogP contribution >= 0.6 is 0 Å². The van der Waals surface area contributed by atoms with E-state index in [1.165, 1.54) is 11.3 Å². The van der Waals surface area contributed by atoms with Gasteiger partial charge in [-0.1, -0.05) is 12.1 Å². The van der Waals surface area contributed by atoms with Crippen LogP contribution in [0.5, 0.6) is 0 Å². The van der Waals surface area contributed by atoms with Gasteiger partial charge in [-0.3, -0.25) is 0 Å². The van der Waals surface area contributed by atoms with Crippen molar-refractivity contribution in [3.8, 4) is 0 Å². The van der Waals surface area contributed by atoms with Crippen LogP contribution in [-0.4, -0.2) is 29.4 Å². The molecule has 2 rings (SSSR count). The molecule has 94 valence electrons. The first-order valence-electron chi connectivity index (χ1n) is 6.25. The van der Waals surface area contributed by atoms with E-state index in [1.807, 2.05) is 19.1 Å². The lowest BCUT2D eigenvalue weighted by Crippen LogP contribution is -2.24. The van der Waals surface area contributed by atoms with Crippen molar-refractivity contribution in [2.75, 3.05) is 18.0 Å². The number of benzene rings is 1. The smallest absolute Gasteiger partial charge is 0.0681 e. The first kappa shape index (κ1) is 12.4. The molecule has 1 aliphatic heterocycles. The normalized spacial score (nSPS) is 21.9. The Morgan fingerprint density at radius 2 is 2.24 bits per heavy atom. The number of aliphatic hydroxyl groups is 2. The maximum Gasteiger partial charge on any atom is 0.0681 e. The molecule has 0 amide bonds. The van der Waals surface area contributed by atoms with E-state index >= 15 is 0 Å². The highest BCUT2D eigenvalue weighted by Crippen LogP contribution is 2.28.